The van der Waals surface area contributed by atoms with Gasteiger partial charge in [0.1, 0.15) is 5.58 Å². The molecule has 5 heteroatoms. The molecule has 25 heavy (non-hydrogen) atoms. The molecule has 1 aliphatic carbocycles. The van der Waals surface area contributed by atoms with Gasteiger partial charge in [0.15, 0.2) is 5.58 Å². The minimum absolute atomic E-state index is 0.0167. The van der Waals surface area contributed by atoms with E-state index in [2.05, 4.69) is 22.8 Å². The average Bonchev–Trinajstić information content (AvgIpc) is 3.26. The van der Waals surface area contributed by atoms with Gasteiger partial charge in [-0.25, -0.2) is 0 Å². The number of benzene rings is 2. The molecule has 120 valence electrons. The van der Waals surface area contributed by atoms with Crippen LogP contribution in [0.2, 0.25) is 0 Å². The number of allylic oxidation sites excluding steroid dienone is 2. The summed E-state index contributed by atoms with van der Waals surface area (Å²) in [5, 5.41) is 7.51. The molecule has 0 saturated carbocycles. The van der Waals surface area contributed by atoms with E-state index in [0.717, 1.165) is 16.6 Å². The van der Waals surface area contributed by atoms with Crippen LogP contribution in [0.25, 0.3) is 21.9 Å². The minimum Gasteiger partial charge on any atom is -0.454 e. The lowest BCUT2D eigenvalue weighted by atomic mass is 9.86. The fraction of sp³-hybridized carbons (Fsp3) is 0.100. The van der Waals surface area contributed by atoms with E-state index >= 15 is 0 Å². The summed E-state index contributed by atoms with van der Waals surface area (Å²) in [6, 6.07) is 7.67. The molecule has 2 atom stereocenters. The Kier molecular flexibility index (Phi) is 2.18. The number of carbonyl (C=O) groups is 2. The minimum atomic E-state index is -0.349. The van der Waals surface area contributed by atoms with Gasteiger partial charge < -0.3 is 9.73 Å². The van der Waals surface area contributed by atoms with Crippen LogP contribution in [0.15, 0.2) is 53.0 Å². The average molecular weight is 328 g/mol. The Labute approximate surface area is 142 Å². The molecule has 0 radical (unpaired) electrons. The van der Waals surface area contributed by atoms with Gasteiger partial charge in [-0.3, -0.25) is 14.9 Å². The van der Waals surface area contributed by atoms with Gasteiger partial charge in [0, 0.05) is 22.3 Å². The first-order valence-electron chi connectivity index (χ1n) is 8.22. The molecule has 2 aliphatic heterocycles. The van der Waals surface area contributed by atoms with E-state index in [0.29, 0.717) is 27.7 Å². The van der Waals surface area contributed by atoms with Crippen molar-refractivity contribution in [2.75, 3.05) is 5.32 Å². The van der Waals surface area contributed by atoms with Gasteiger partial charge in [0.05, 0.1) is 22.9 Å². The fourth-order valence-corrected chi connectivity index (χ4v) is 4.33. The summed E-state index contributed by atoms with van der Waals surface area (Å²) < 4.78 is 6.11. The third kappa shape index (κ3) is 1.44. The summed E-state index contributed by atoms with van der Waals surface area (Å²) in [6.07, 6.45) is 8.09. The molecule has 0 saturated heterocycles. The van der Waals surface area contributed by atoms with Gasteiger partial charge in [0.2, 0.25) is 0 Å². The summed E-state index contributed by atoms with van der Waals surface area (Å²) in [7, 11) is 0. The van der Waals surface area contributed by atoms with Crippen LogP contribution >= 0.6 is 0 Å². The molecule has 1 aromatic heterocycles. The smallest absolute Gasteiger partial charge is 0.259 e. The van der Waals surface area contributed by atoms with E-state index in [1.807, 2.05) is 36.4 Å². The van der Waals surface area contributed by atoms with Crippen LogP contribution in [0, 0.1) is 0 Å². The topological polar surface area (TPSA) is 71.3 Å². The van der Waals surface area contributed by atoms with E-state index < -0.39 is 0 Å². The number of anilines is 1. The number of furan rings is 1. The zero-order chi connectivity index (χ0) is 16.7. The summed E-state index contributed by atoms with van der Waals surface area (Å²) in [5.41, 5.74) is 3.96. The molecule has 3 aromatic rings. The molecule has 2 amide bonds. The summed E-state index contributed by atoms with van der Waals surface area (Å²) in [4.78, 5) is 25.1. The summed E-state index contributed by atoms with van der Waals surface area (Å²) in [6.45, 7) is 0. The van der Waals surface area contributed by atoms with Crippen molar-refractivity contribution in [1.82, 2.24) is 5.32 Å². The third-order valence-corrected chi connectivity index (χ3v) is 5.32. The maximum absolute atomic E-state index is 12.6. The van der Waals surface area contributed by atoms with Gasteiger partial charge in [0.25, 0.3) is 11.8 Å². The van der Waals surface area contributed by atoms with Crippen molar-refractivity contribution in [1.29, 1.82) is 0 Å². The summed E-state index contributed by atoms with van der Waals surface area (Å²) >= 11 is 0. The predicted molar refractivity (Wildman–Crippen MR) is 93.9 cm³/mol. The van der Waals surface area contributed by atoms with Crippen molar-refractivity contribution in [2.45, 2.75) is 12.0 Å². The fourth-order valence-electron chi connectivity index (χ4n) is 4.33. The first kappa shape index (κ1) is 13.0. The zero-order valence-electron chi connectivity index (χ0n) is 13.0. The second kappa shape index (κ2) is 4.19. The van der Waals surface area contributed by atoms with Gasteiger partial charge in [-0.15, -0.1) is 0 Å². The standard InChI is InChI=1S/C20H12N2O3/c23-19-15-13-9-5-1-3-7-11(9)21-17(13)18-14(16(15)20(24)22-19)10-6-2-4-8-12(10)25-18/h1-9,11,21H,(H,22,23,24). The lowest BCUT2D eigenvalue weighted by Gasteiger charge is -2.16. The molecule has 0 fully saturated rings. The van der Waals surface area contributed by atoms with E-state index in [4.69, 9.17) is 4.42 Å². The molecule has 5 nitrogen and oxygen atoms in total. The van der Waals surface area contributed by atoms with Gasteiger partial charge in [-0.1, -0.05) is 42.5 Å². The van der Waals surface area contributed by atoms with Crippen LogP contribution in [-0.2, 0) is 0 Å². The van der Waals surface area contributed by atoms with Crippen LogP contribution in [0.5, 0.6) is 0 Å². The second-order valence-corrected chi connectivity index (χ2v) is 6.59. The Balaban J connectivity index is 1.85. The van der Waals surface area contributed by atoms with Crippen LogP contribution in [0.1, 0.15) is 32.2 Å². The first-order chi connectivity index (χ1) is 12.2. The Morgan fingerprint density at radius 2 is 1.76 bits per heavy atom. The molecule has 0 spiro atoms. The molecular formula is C20H12N2O3. The molecule has 2 unspecified atom stereocenters. The molecule has 3 aliphatic rings. The second-order valence-electron chi connectivity index (χ2n) is 6.59. The van der Waals surface area contributed by atoms with Crippen LogP contribution in [0.3, 0.4) is 0 Å². The van der Waals surface area contributed by atoms with Gasteiger partial charge in [-0.2, -0.15) is 0 Å². The number of hydrogen-bond donors (Lipinski definition) is 2. The van der Waals surface area contributed by atoms with Crippen LogP contribution in [-0.4, -0.2) is 17.9 Å². The Morgan fingerprint density at radius 3 is 2.68 bits per heavy atom. The van der Waals surface area contributed by atoms with Crippen molar-refractivity contribution < 1.29 is 14.0 Å². The van der Waals surface area contributed by atoms with Crippen molar-refractivity contribution in [3.8, 4) is 0 Å². The highest BCUT2D eigenvalue weighted by molar-refractivity contribution is 6.32. The number of amides is 2. The molecular weight excluding hydrogens is 316 g/mol. The van der Waals surface area contributed by atoms with Crippen LogP contribution in [0.4, 0.5) is 5.69 Å². The monoisotopic (exact) mass is 328 g/mol. The molecule has 6 rings (SSSR count). The lowest BCUT2D eigenvalue weighted by molar-refractivity contribution is 0.0880. The zero-order valence-corrected chi connectivity index (χ0v) is 13.0. The highest BCUT2D eigenvalue weighted by Crippen LogP contribution is 2.50. The van der Waals surface area contributed by atoms with E-state index in [1.54, 1.807) is 0 Å². The van der Waals surface area contributed by atoms with Crippen molar-refractivity contribution in [2.24, 2.45) is 0 Å². The number of para-hydroxylation sites is 1. The van der Waals surface area contributed by atoms with E-state index in [9.17, 15) is 9.59 Å². The molecule has 2 aromatic carbocycles. The highest BCUT2D eigenvalue weighted by Gasteiger charge is 2.43. The van der Waals surface area contributed by atoms with Gasteiger partial charge >= 0.3 is 0 Å². The number of nitrogens with one attached hydrogen (secondary N) is 2. The quantitative estimate of drug-likeness (QED) is 0.620. The number of carbonyl (C=O) groups excluding carboxylic acids is 2. The number of hydrogen-bond acceptors (Lipinski definition) is 4. The van der Waals surface area contributed by atoms with Crippen molar-refractivity contribution in [3.05, 3.63) is 65.3 Å². The van der Waals surface area contributed by atoms with E-state index in [1.165, 1.54) is 0 Å². The lowest BCUT2D eigenvalue weighted by Crippen LogP contribution is -2.21. The first-order valence-corrected chi connectivity index (χ1v) is 8.22. The van der Waals surface area contributed by atoms with Gasteiger partial charge in [-0.05, 0) is 6.07 Å². The molecule has 0 bridgehead atoms. The van der Waals surface area contributed by atoms with Crippen molar-refractivity contribution in [3.63, 3.8) is 0 Å². The Bertz CT molecular complexity index is 1200. The third-order valence-electron chi connectivity index (χ3n) is 5.32. The predicted octanol–water partition coefficient (Wildman–Crippen LogP) is 3.47. The normalized spacial score (nSPS) is 22.9. The Morgan fingerprint density at radius 1 is 0.960 bits per heavy atom. The number of imide groups is 1. The SMILES string of the molecule is O=C1NC(=O)c2c1c1c(c3oc4ccccc4c23)NC2C=CC=CC12. The Hall–Kier alpha value is -3.34. The van der Waals surface area contributed by atoms with E-state index in [-0.39, 0.29) is 23.8 Å². The highest BCUT2D eigenvalue weighted by atomic mass is 16.3. The molecule has 2 N–H and O–H groups in total. The molecule has 3 heterocycles. The number of fused-ring (bicyclic) bond motifs is 10. The maximum atomic E-state index is 12.6. The maximum Gasteiger partial charge on any atom is 0.259 e. The van der Waals surface area contributed by atoms with Crippen molar-refractivity contribution >= 4 is 39.4 Å². The summed E-state index contributed by atoms with van der Waals surface area (Å²) in [5.74, 6) is -0.657. The largest absolute Gasteiger partial charge is 0.454 e. The van der Waals surface area contributed by atoms with Crippen LogP contribution < -0.4 is 10.6 Å². The number of rotatable bonds is 0.